The van der Waals surface area contributed by atoms with Gasteiger partial charge in [0, 0.05) is 35.9 Å². The van der Waals surface area contributed by atoms with Crippen LogP contribution in [-0.4, -0.2) is 38.0 Å². The molecule has 1 aliphatic heterocycles. The Labute approximate surface area is 210 Å². The van der Waals surface area contributed by atoms with Crippen molar-refractivity contribution in [2.24, 2.45) is 11.1 Å². The van der Waals surface area contributed by atoms with Crippen LogP contribution in [-0.2, 0) is 6.42 Å². The lowest BCUT2D eigenvalue weighted by Crippen LogP contribution is -2.44. The molecule has 1 atom stereocenters. The third kappa shape index (κ3) is 3.95. The number of nitrogens with zero attached hydrogens (tertiary/aromatic N) is 6. The molecular weight excluding hydrogens is 487 g/mol. The molecule has 11 heteroatoms. The Morgan fingerprint density at radius 1 is 1.09 bits per heavy atom. The first-order valence-electron chi connectivity index (χ1n) is 11.3. The molecule has 0 bridgehead atoms. The maximum Gasteiger partial charge on any atom is 0.179 e. The average Bonchev–Trinajstić information content (AvgIpc) is 3.13. The molecular formula is C24H22ClFN8S. The number of aromatic nitrogens is 5. The zero-order valence-corrected chi connectivity index (χ0v) is 20.2. The number of rotatable bonds is 3. The zero-order valence-electron chi connectivity index (χ0n) is 18.7. The maximum absolute atomic E-state index is 13.7. The number of piperidine rings is 1. The number of halogens is 2. The molecule has 4 N–H and O–H groups in total. The molecule has 5 heterocycles. The Balaban J connectivity index is 1.18. The van der Waals surface area contributed by atoms with Crippen LogP contribution in [0.25, 0.3) is 11.2 Å². The minimum absolute atomic E-state index is 0.0881. The Morgan fingerprint density at radius 2 is 1.91 bits per heavy atom. The van der Waals surface area contributed by atoms with Gasteiger partial charge in [-0.05, 0) is 54.5 Å². The van der Waals surface area contributed by atoms with Crippen LogP contribution in [0, 0.1) is 11.2 Å². The van der Waals surface area contributed by atoms with Gasteiger partial charge in [0.1, 0.15) is 28.0 Å². The van der Waals surface area contributed by atoms with Gasteiger partial charge in [0.15, 0.2) is 5.65 Å². The summed E-state index contributed by atoms with van der Waals surface area (Å²) in [6.07, 6.45) is 7.22. The van der Waals surface area contributed by atoms with Crippen LogP contribution < -0.4 is 16.4 Å². The molecule has 1 aliphatic carbocycles. The van der Waals surface area contributed by atoms with E-state index in [-0.39, 0.29) is 23.1 Å². The van der Waals surface area contributed by atoms with Crippen LogP contribution in [0.4, 0.5) is 16.0 Å². The first kappa shape index (κ1) is 22.4. The topological polar surface area (TPSA) is 120 Å². The average molecular weight is 509 g/mol. The van der Waals surface area contributed by atoms with Gasteiger partial charge in [-0.2, -0.15) is 0 Å². The van der Waals surface area contributed by atoms with Gasteiger partial charge in [-0.15, -0.1) is 0 Å². The van der Waals surface area contributed by atoms with E-state index in [4.69, 9.17) is 28.1 Å². The molecule has 0 amide bonds. The highest BCUT2D eigenvalue weighted by molar-refractivity contribution is 7.99. The summed E-state index contributed by atoms with van der Waals surface area (Å²) >= 11 is 7.66. The van der Waals surface area contributed by atoms with Gasteiger partial charge in [-0.3, -0.25) is 4.98 Å². The number of nitrogens with two attached hydrogens (primary N) is 2. The van der Waals surface area contributed by atoms with E-state index >= 15 is 0 Å². The molecule has 178 valence electrons. The van der Waals surface area contributed by atoms with Crippen molar-refractivity contribution in [3.05, 3.63) is 65.0 Å². The number of hydrogen-bond donors (Lipinski definition) is 2. The number of pyridine rings is 3. The van der Waals surface area contributed by atoms with E-state index in [9.17, 15) is 4.39 Å². The molecule has 6 rings (SSSR count). The number of nitrogen functional groups attached to an aromatic ring is 1. The van der Waals surface area contributed by atoms with E-state index in [0.717, 1.165) is 64.9 Å². The van der Waals surface area contributed by atoms with Crippen LogP contribution in [0.1, 0.15) is 30.1 Å². The monoisotopic (exact) mass is 508 g/mol. The molecule has 1 saturated heterocycles. The third-order valence-corrected chi connectivity index (χ3v) is 8.54. The molecule has 4 aromatic rings. The summed E-state index contributed by atoms with van der Waals surface area (Å²) in [6, 6.07) is 6.95. The van der Waals surface area contributed by atoms with Gasteiger partial charge in [-0.1, -0.05) is 23.4 Å². The summed E-state index contributed by atoms with van der Waals surface area (Å²) < 4.78 is 13.7. The standard InChI is InChI=1S/C24H22ClFN8S/c25-20-17(3-6-29-22(20)28)35-19-2-1-15-23(33-19)31-12-18(32-15)34-7-4-24(5-8-34)10-16-14(21(24)27)9-13(26)11-30-16/h1-3,6,9,11-12,21H,4-5,7-8,10,27H2,(H2,28,29)/t21-/m0/s1. The van der Waals surface area contributed by atoms with Crippen molar-refractivity contribution < 1.29 is 4.39 Å². The molecule has 4 aromatic heterocycles. The maximum atomic E-state index is 13.7. The van der Waals surface area contributed by atoms with Crippen molar-refractivity contribution in [1.82, 2.24) is 24.9 Å². The summed E-state index contributed by atoms with van der Waals surface area (Å²) in [6.45, 7) is 1.60. The molecule has 1 spiro atoms. The second kappa shape index (κ2) is 8.54. The van der Waals surface area contributed by atoms with Gasteiger partial charge in [-0.25, -0.2) is 24.3 Å². The lowest BCUT2D eigenvalue weighted by molar-refractivity contribution is 0.186. The van der Waals surface area contributed by atoms with E-state index in [0.29, 0.717) is 10.7 Å². The quantitative estimate of drug-likeness (QED) is 0.419. The highest BCUT2D eigenvalue weighted by atomic mass is 35.5. The van der Waals surface area contributed by atoms with E-state index in [1.807, 2.05) is 12.1 Å². The van der Waals surface area contributed by atoms with E-state index in [1.165, 1.54) is 18.0 Å². The van der Waals surface area contributed by atoms with Gasteiger partial charge in [0.05, 0.1) is 17.4 Å². The molecule has 8 nitrogen and oxygen atoms in total. The SMILES string of the molecule is Nc1nccc(Sc2ccc3nc(N4CCC5(CC4)Cc4ncc(F)cc4[C@@H]5N)cnc3n2)c1Cl. The van der Waals surface area contributed by atoms with Crippen LogP contribution in [0.15, 0.2) is 52.8 Å². The molecule has 0 unspecified atom stereocenters. The highest BCUT2D eigenvalue weighted by Gasteiger charge is 2.47. The first-order chi connectivity index (χ1) is 16.9. The number of fused-ring (bicyclic) bond motifs is 2. The minimum atomic E-state index is -0.330. The van der Waals surface area contributed by atoms with Crippen molar-refractivity contribution >= 4 is 46.2 Å². The summed E-state index contributed by atoms with van der Waals surface area (Å²) in [5.74, 6) is 0.770. The Hall–Kier alpha value is -3.08. The lowest BCUT2D eigenvalue weighted by atomic mass is 9.73. The van der Waals surface area contributed by atoms with Gasteiger partial charge >= 0.3 is 0 Å². The van der Waals surface area contributed by atoms with Crippen molar-refractivity contribution in [2.45, 2.75) is 35.2 Å². The first-order valence-corrected chi connectivity index (χ1v) is 12.5. The van der Waals surface area contributed by atoms with E-state index in [2.05, 4.69) is 24.8 Å². The summed E-state index contributed by atoms with van der Waals surface area (Å²) in [5.41, 5.74) is 15.3. The summed E-state index contributed by atoms with van der Waals surface area (Å²) in [4.78, 5) is 25.3. The van der Waals surface area contributed by atoms with Crippen LogP contribution in [0.3, 0.4) is 0 Å². The fourth-order valence-electron chi connectivity index (χ4n) is 5.06. The Bertz CT molecular complexity index is 1440. The molecule has 1 fully saturated rings. The largest absolute Gasteiger partial charge is 0.382 e. The van der Waals surface area contributed by atoms with Crippen LogP contribution >= 0.6 is 23.4 Å². The Kier molecular flexibility index (Phi) is 5.46. The molecule has 0 radical (unpaired) electrons. The normalized spacial score (nSPS) is 18.8. The molecule has 35 heavy (non-hydrogen) atoms. The van der Waals surface area contributed by atoms with Crippen molar-refractivity contribution in [3.63, 3.8) is 0 Å². The highest BCUT2D eigenvalue weighted by Crippen LogP contribution is 2.50. The van der Waals surface area contributed by atoms with Gasteiger partial charge in [0.2, 0.25) is 0 Å². The van der Waals surface area contributed by atoms with E-state index in [1.54, 1.807) is 24.5 Å². The molecule has 2 aliphatic rings. The van der Waals surface area contributed by atoms with Crippen molar-refractivity contribution in [3.8, 4) is 0 Å². The third-order valence-electron chi connectivity index (χ3n) is 7.03. The Morgan fingerprint density at radius 3 is 2.74 bits per heavy atom. The fraction of sp³-hybridized carbons (Fsp3) is 0.292. The predicted octanol–water partition coefficient (Wildman–Crippen LogP) is 4.18. The zero-order chi connectivity index (χ0) is 24.2. The fourth-order valence-corrected chi connectivity index (χ4v) is 6.11. The van der Waals surface area contributed by atoms with Crippen molar-refractivity contribution in [1.29, 1.82) is 0 Å². The second-order valence-electron chi connectivity index (χ2n) is 9.02. The van der Waals surface area contributed by atoms with Crippen molar-refractivity contribution in [2.75, 3.05) is 23.7 Å². The van der Waals surface area contributed by atoms with Gasteiger partial charge < -0.3 is 16.4 Å². The van der Waals surface area contributed by atoms with E-state index < -0.39 is 0 Å². The lowest BCUT2D eigenvalue weighted by Gasteiger charge is -2.42. The molecule has 0 saturated carbocycles. The smallest absolute Gasteiger partial charge is 0.179 e. The summed E-state index contributed by atoms with van der Waals surface area (Å²) in [7, 11) is 0. The van der Waals surface area contributed by atoms with Crippen LogP contribution in [0.5, 0.6) is 0 Å². The summed E-state index contributed by atoms with van der Waals surface area (Å²) in [5, 5.41) is 1.15. The number of hydrogen-bond acceptors (Lipinski definition) is 9. The minimum Gasteiger partial charge on any atom is -0.382 e. The van der Waals surface area contributed by atoms with Crippen LogP contribution in [0.2, 0.25) is 5.02 Å². The predicted molar refractivity (Wildman–Crippen MR) is 134 cm³/mol. The number of anilines is 2. The molecule has 0 aromatic carbocycles. The van der Waals surface area contributed by atoms with Gasteiger partial charge in [0.25, 0.3) is 0 Å². The second-order valence-corrected chi connectivity index (χ2v) is 10.5.